The molecule has 0 fully saturated rings. The van der Waals surface area contributed by atoms with Gasteiger partial charge in [0.1, 0.15) is 5.65 Å². The average Bonchev–Trinajstić information content (AvgIpc) is 2.91. The molecule has 1 aliphatic rings. The lowest BCUT2D eigenvalue weighted by atomic mass is 10.0. The summed E-state index contributed by atoms with van der Waals surface area (Å²) in [7, 11) is 3.69. The van der Waals surface area contributed by atoms with E-state index in [-0.39, 0.29) is 0 Å². The number of hydrogen-bond donors (Lipinski definition) is 1. The van der Waals surface area contributed by atoms with Gasteiger partial charge in [-0.3, -0.25) is 19.2 Å². The first-order chi connectivity index (χ1) is 11.0. The fourth-order valence-corrected chi connectivity index (χ4v) is 3.14. The van der Waals surface area contributed by atoms with Gasteiger partial charge in [-0.2, -0.15) is 0 Å². The van der Waals surface area contributed by atoms with Crippen LogP contribution in [0.25, 0.3) is 22.2 Å². The molecule has 23 heavy (non-hydrogen) atoms. The van der Waals surface area contributed by atoms with Crippen LogP contribution < -0.4 is 11.2 Å². The van der Waals surface area contributed by atoms with Gasteiger partial charge in [0.05, 0.1) is 5.39 Å². The maximum absolute atomic E-state index is 12.0. The maximum atomic E-state index is 12.0. The van der Waals surface area contributed by atoms with Gasteiger partial charge < -0.3 is 0 Å². The highest BCUT2D eigenvalue weighted by molar-refractivity contribution is 5.80. The molecule has 0 unspecified atom stereocenters. The van der Waals surface area contributed by atoms with E-state index in [1.807, 2.05) is 0 Å². The van der Waals surface area contributed by atoms with E-state index in [2.05, 4.69) is 40.1 Å². The summed E-state index contributed by atoms with van der Waals surface area (Å²) in [6, 6.07) is 8.12. The Bertz CT molecular complexity index is 1050. The first kappa shape index (κ1) is 13.9. The highest BCUT2D eigenvalue weighted by Gasteiger charge is 2.16. The molecule has 0 bridgehead atoms. The molecule has 2 aromatic heterocycles. The lowest BCUT2D eigenvalue weighted by Crippen LogP contribution is -2.28. The largest absolute Gasteiger partial charge is 0.329 e. The van der Waals surface area contributed by atoms with Crippen LogP contribution in [0.15, 0.2) is 40.1 Å². The molecule has 1 aliphatic heterocycles. The summed E-state index contributed by atoms with van der Waals surface area (Å²) in [5, 5.41) is 0.419. The molecular weight excluding hydrogens is 292 g/mol. The Hall–Kier alpha value is -2.73. The molecule has 0 aliphatic carbocycles. The molecule has 0 radical (unpaired) electrons. The molecule has 0 amide bonds. The van der Waals surface area contributed by atoms with Gasteiger partial charge in [0.2, 0.25) is 0 Å². The van der Waals surface area contributed by atoms with Crippen LogP contribution >= 0.6 is 0 Å². The van der Waals surface area contributed by atoms with Crippen molar-refractivity contribution >= 4 is 11.0 Å². The van der Waals surface area contributed by atoms with E-state index in [4.69, 9.17) is 0 Å². The molecule has 0 spiro atoms. The van der Waals surface area contributed by atoms with Crippen LogP contribution in [0.3, 0.4) is 0 Å². The Kier molecular flexibility index (Phi) is 2.96. The van der Waals surface area contributed by atoms with E-state index in [0.717, 1.165) is 24.2 Å². The number of aromatic nitrogens is 3. The van der Waals surface area contributed by atoms with Gasteiger partial charge in [-0.05, 0) is 35.9 Å². The van der Waals surface area contributed by atoms with E-state index >= 15 is 0 Å². The Balaban J connectivity index is 1.89. The maximum Gasteiger partial charge on any atom is 0.329 e. The summed E-state index contributed by atoms with van der Waals surface area (Å²) in [6.07, 6.45) is 1.71. The first-order valence-electron chi connectivity index (χ1n) is 7.43. The normalized spacial score (nSPS) is 14.3. The van der Waals surface area contributed by atoms with Gasteiger partial charge in [0.25, 0.3) is 5.56 Å². The van der Waals surface area contributed by atoms with E-state index in [0.29, 0.717) is 11.0 Å². The average molecular weight is 308 g/mol. The van der Waals surface area contributed by atoms with Gasteiger partial charge in [-0.1, -0.05) is 12.1 Å². The van der Waals surface area contributed by atoms with Crippen LogP contribution in [0.4, 0.5) is 0 Å². The molecule has 116 valence electrons. The van der Waals surface area contributed by atoms with Crippen LogP contribution in [0.2, 0.25) is 0 Å². The predicted molar refractivity (Wildman–Crippen MR) is 88.2 cm³/mol. The molecule has 0 saturated carbocycles. The summed E-state index contributed by atoms with van der Waals surface area (Å²) >= 11 is 0. The second-order valence-electron chi connectivity index (χ2n) is 6.07. The summed E-state index contributed by atoms with van der Waals surface area (Å²) in [4.78, 5) is 32.6. The van der Waals surface area contributed by atoms with E-state index in [1.165, 1.54) is 15.7 Å². The SMILES string of the molecule is CN1Cc2ccc(-c3cnc4c(c3)c(=O)[nH]c(=O)n4C)cc2C1. The number of H-pyrrole nitrogens is 1. The fraction of sp³-hybridized carbons (Fsp3) is 0.235. The number of fused-ring (bicyclic) bond motifs is 2. The third kappa shape index (κ3) is 2.19. The van der Waals surface area contributed by atoms with Crippen molar-refractivity contribution in [2.45, 2.75) is 13.1 Å². The minimum absolute atomic E-state index is 0.392. The number of pyridine rings is 1. The molecule has 1 aromatic carbocycles. The molecule has 6 nitrogen and oxygen atoms in total. The number of hydrogen-bond acceptors (Lipinski definition) is 4. The fourth-order valence-electron chi connectivity index (χ4n) is 3.14. The second kappa shape index (κ2) is 4.89. The summed E-state index contributed by atoms with van der Waals surface area (Å²) < 4.78 is 1.35. The molecule has 3 heterocycles. The zero-order chi connectivity index (χ0) is 16.1. The molecule has 3 aromatic rings. The van der Waals surface area contributed by atoms with Crippen molar-refractivity contribution < 1.29 is 0 Å². The third-order valence-electron chi connectivity index (χ3n) is 4.37. The van der Waals surface area contributed by atoms with Crippen LogP contribution in [0.5, 0.6) is 0 Å². The summed E-state index contributed by atoms with van der Waals surface area (Å²) in [5.74, 6) is 0. The lowest BCUT2D eigenvalue weighted by Gasteiger charge is -2.07. The van der Waals surface area contributed by atoms with Crippen molar-refractivity contribution in [2.24, 2.45) is 7.05 Å². The van der Waals surface area contributed by atoms with Crippen molar-refractivity contribution in [3.63, 3.8) is 0 Å². The number of aryl methyl sites for hydroxylation is 1. The van der Waals surface area contributed by atoms with Crippen molar-refractivity contribution in [1.82, 2.24) is 19.4 Å². The van der Waals surface area contributed by atoms with Crippen molar-refractivity contribution in [3.8, 4) is 11.1 Å². The van der Waals surface area contributed by atoms with Crippen LogP contribution in [-0.4, -0.2) is 26.5 Å². The van der Waals surface area contributed by atoms with Crippen molar-refractivity contribution in [2.75, 3.05) is 7.05 Å². The van der Waals surface area contributed by atoms with Crippen molar-refractivity contribution in [1.29, 1.82) is 0 Å². The Morgan fingerprint density at radius 1 is 1.04 bits per heavy atom. The third-order valence-corrected chi connectivity index (χ3v) is 4.37. The van der Waals surface area contributed by atoms with Crippen molar-refractivity contribution in [3.05, 3.63) is 62.4 Å². The van der Waals surface area contributed by atoms with Gasteiger partial charge in [-0.25, -0.2) is 9.78 Å². The standard InChI is InChI=1S/C17H16N4O2/c1-20-8-11-4-3-10(5-13(11)9-20)12-6-14-15(18-7-12)21(2)17(23)19-16(14)22/h3-7H,8-9H2,1-2H3,(H,19,22,23). The first-order valence-corrected chi connectivity index (χ1v) is 7.43. The highest BCUT2D eigenvalue weighted by Crippen LogP contribution is 2.28. The van der Waals surface area contributed by atoms with Crippen LogP contribution in [0, 0.1) is 0 Å². The predicted octanol–water partition coefficient (Wildman–Crippen LogP) is 1.23. The zero-order valence-corrected chi connectivity index (χ0v) is 13.0. The minimum Gasteiger partial charge on any atom is -0.298 e. The molecule has 0 saturated heterocycles. The van der Waals surface area contributed by atoms with E-state index < -0.39 is 11.2 Å². The molecule has 4 rings (SSSR count). The number of rotatable bonds is 1. The smallest absolute Gasteiger partial charge is 0.298 e. The zero-order valence-electron chi connectivity index (χ0n) is 13.0. The lowest BCUT2D eigenvalue weighted by molar-refractivity contribution is 0.353. The van der Waals surface area contributed by atoms with Gasteiger partial charge in [-0.15, -0.1) is 0 Å². The quantitative estimate of drug-likeness (QED) is 0.734. The highest BCUT2D eigenvalue weighted by atomic mass is 16.2. The Labute approximate surface area is 132 Å². The second-order valence-corrected chi connectivity index (χ2v) is 6.07. The molecule has 1 N–H and O–H groups in total. The summed E-state index contributed by atoms with van der Waals surface area (Å²) in [5.41, 5.74) is 4.08. The van der Waals surface area contributed by atoms with Crippen LogP contribution in [-0.2, 0) is 20.1 Å². The minimum atomic E-state index is -0.455. The van der Waals surface area contributed by atoms with Crippen LogP contribution in [0.1, 0.15) is 11.1 Å². The number of benzene rings is 1. The summed E-state index contributed by atoms with van der Waals surface area (Å²) in [6.45, 7) is 1.90. The van der Waals surface area contributed by atoms with Gasteiger partial charge in [0.15, 0.2) is 0 Å². The van der Waals surface area contributed by atoms with E-state index in [9.17, 15) is 9.59 Å². The van der Waals surface area contributed by atoms with E-state index in [1.54, 1.807) is 19.3 Å². The molecule has 0 atom stereocenters. The molecular formula is C17H16N4O2. The Morgan fingerprint density at radius 2 is 1.83 bits per heavy atom. The monoisotopic (exact) mass is 308 g/mol. The number of aromatic amines is 1. The topological polar surface area (TPSA) is 71.0 Å². The number of nitrogens with one attached hydrogen (secondary N) is 1. The molecule has 6 heteroatoms. The van der Waals surface area contributed by atoms with Gasteiger partial charge >= 0.3 is 5.69 Å². The van der Waals surface area contributed by atoms with Gasteiger partial charge in [0, 0.05) is 31.9 Å². The number of nitrogens with zero attached hydrogens (tertiary/aromatic N) is 3. The Morgan fingerprint density at radius 3 is 2.65 bits per heavy atom.